The van der Waals surface area contributed by atoms with Gasteiger partial charge in [-0.05, 0) is 25.6 Å². The van der Waals surface area contributed by atoms with Crippen molar-refractivity contribution in [2.75, 3.05) is 6.54 Å². The molecule has 1 atom stereocenters. The Morgan fingerprint density at radius 2 is 2.36 bits per heavy atom. The van der Waals surface area contributed by atoms with Gasteiger partial charge in [0.15, 0.2) is 5.11 Å². The molecule has 0 spiro atoms. The van der Waals surface area contributed by atoms with E-state index in [9.17, 15) is 0 Å². The van der Waals surface area contributed by atoms with Crippen LogP contribution in [0, 0.1) is 0 Å². The van der Waals surface area contributed by atoms with Crippen molar-refractivity contribution in [3.63, 3.8) is 0 Å². The lowest BCUT2D eigenvalue weighted by molar-refractivity contribution is 0.636. The molecule has 0 saturated heterocycles. The van der Waals surface area contributed by atoms with Crippen LogP contribution < -0.4 is 10.6 Å². The van der Waals surface area contributed by atoms with Crippen molar-refractivity contribution in [2.24, 2.45) is 0 Å². The van der Waals surface area contributed by atoms with Crippen molar-refractivity contribution in [1.82, 2.24) is 10.6 Å². The maximum absolute atomic E-state index is 4.99. The minimum Gasteiger partial charge on any atom is -0.360 e. The monoisotopic (exact) mass is 172 g/mol. The molecule has 2 N–H and O–H groups in total. The van der Waals surface area contributed by atoms with Crippen LogP contribution in [-0.4, -0.2) is 17.7 Å². The zero-order valence-corrected chi connectivity index (χ0v) is 8.00. The summed E-state index contributed by atoms with van der Waals surface area (Å²) in [7, 11) is 0. The Balaban J connectivity index is 3.43. The van der Waals surface area contributed by atoms with E-state index in [1.165, 1.54) is 0 Å². The summed E-state index contributed by atoms with van der Waals surface area (Å²) in [5.41, 5.74) is 0. The Morgan fingerprint density at radius 1 is 1.73 bits per heavy atom. The van der Waals surface area contributed by atoms with Gasteiger partial charge in [-0.2, -0.15) is 0 Å². The van der Waals surface area contributed by atoms with Gasteiger partial charge in [0.25, 0.3) is 0 Å². The first-order valence-corrected chi connectivity index (χ1v) is 4.26. The van der Waals surface area contributed by atoms with Crippen molar-refractivity contribution in [1.29, 1.82) is 0 Å². The van der Waals surface area contributed by atoms with E-state index in [-0.39, 0.29) is 0 Å². The fourth-order valence-electron chi connectivity index (χ4n) is 0.542. The molecule has 0 aromatic carbocycles. The SMILES string of the molecule is C=CCNC(=S)NC(C)CC. The molecule has 0 aliphatic heterocycles. The number of hydrogen-bond donors (Lipinski definition) is 2. The van der Waals surface area contributed by atoms with E-state index < -0.39 is 0 Å². The third-order valence-electron chi connectivity index (χ3n) is 1.40. The second kappa shape index (κ2) is 6.16. The predicted molar refractivity (Wildman–Crippen MR) is 53.7 cm³/mol. The van der Waals surface area contributed by atoms with Crippen molar-refractivity contribution in [3.8, 4) is 0 Å². The molecular formula is C8H16N2S. The van der Waals surface area contributed by atoms with Gasteiger partial charge in [-0.3, -0.25) is 0 Å². The van der Waals surface area contributed by atoms with Crippen LogP contribution in [0.5, 0.6) is 0 Å². The van der Waals surface area contributed by atoms with Gasteiger partial charge in [0.05, 0.1) is 0 Å². The molecule has 0 bridgehead atoms. The Morgan fingerprint density at radius 3 is 2.82 bits per heavy atom. The molecule has 0 aromatic heterocycles. The quantitative estimate of drug-likeness (QED) is 0.495. The fourth-order valence-corrected chi connectivity index (χ4v) is 0.826. The molecular weight excluding hydrogens is 156 g/mol. The van der Waals surface area contributed by atoms with Gasteiger partial charge < -0.3 is 10.6 Å². The van der Waals surface area contributed by atoms with E-state index in [0.29, 0.717) is 11.2 Å². The van der Waals surface area contributed by atoms with Gasteiger partial charge in [0.2, 0.25) is 0 Å². The maximum atomic E-state index is 4.99. The topological polar surface area (TPSA) is 24.1 Å². The van der Waals surface area contributed by atoms with Crippen LogP contribution in [0.25, 0.3) is 0 Å². The second-order valence-electron chi connectivity index (χ2n) is 2.45. The summed E-state index contributed by atoms with van der Waals surface area (Å²) in [5, 5.41) is 6.84. The van der Waals surface area contributed by atoms with E-state index in [2.05, 4.69) is 31.1 Å². The van der Waals surface area contributed by atoms with Crippen LogP contribution in [0.15, 0.2) is 12.7 Å². The number of rotatable bonds is 4. The first-order valence-electron chi connectivity index (χ1n) is 3.86. The number of thiocarbonyl (C=S) groups is 1. The standard InChI is InChI=1S/C8H16N2S/c1-4-6-9-8(11)10-7(3)5-2/h4,7H,1,5-6H2,2-3H3,(H2,9,10,11). The van der Waals surface area contributed by atoms with Crippen LogP contribution >= 0.6 is 12.2 Å². The second-order valence-corrected chi connectivity index (χ2v) is 2.86. The fraction of sp³-hybridized carbons (Fsp3) is 0.625. The summed E-state index contributed by atoms with van der Waals surface area (Å²) in [5.74, 6) is 0. The first-order chi connectivity index (χ1) is 5.20. The Bertz CT molecular complexity index is 134. The van der Waals surface area contributed by atoms with E-state index in [0.717, 1.165) is 13.0 Å². The molecule has 0 aliphatic carbocycles. The summed E-state index contributed by atoms with van der Waals surface area (Å²) in [4.78, 5) is 0. The number of nitrogens with one attached hydrogen (secondary N) is 2. The van der Waals surface area contributed by atoms with E-state index >= 15 is 0 Å². The highest BCUT2D eigenvalue weighted by Crippen LogP contribution is 1.86. The molecule has 3 heteroatoms. The summed E-state index contributed by atoms with van der Waals surface area (Å²) >= 11 is 4.99. The minimum absolute atomic E-state index is 0.444. The summed E-state index contributed by atoms with van der Waals surface area (Å²) < 4.78 is 0. The lowest BCUT2D eigenvalue weighted by atomic mass is 10.3. The summed E-state index contributed by atoms with van der Waals surface area (Å²) in [6.07, 6.45) is 2.86. The van der Waals surface area contributed by atoms with Crippen molar-refractivity contribution >= 4 is 17.3 Å². The van der Waals surface area contributed by atoms with Gasteiger partial charge >= 0.3 is 0 Å². The molecule has 0 aliphatic rings. The Labute approximate surface area is 74.1 Å². The lowest BCUT2D eigenvalue weighted by Crippen LogP contribution is -2.40. The van der Waals surface area contributed by atoms with Crippen LogP contribution in [0.2, 0.25) is 0 Å². The summed E-state index contributed by atoms with van der Waals surface area (Å²) in [6.45, 7) is 8.52. The molecule has 11 heavy (non-hydrogen) atoms. The lowest BCUT2D eigenvalue weighted by Gasteiger charge is -2.13. The molecule has 0 amide bonds. The largest absolute Gasteiger partial charge is 0.360 e. The molecule has 1 unspecified atom stereocenters. The third-order valence-corrected chi connectivity index (χ3v) is 1.66. The van der Waals surface area contributed by atoms with Crippen molar-refractivity contribution < 1.29 is 0 Å². The van der Waals surface area contributed by atoms with Crippen LogP contribution in [0.4, 0.5) is 0 Å². The van der Waals surface area contributed by atoms with Crippen LogP contribution in [0.3, 0.4) is 0 Å². The minimum atomic E-state index is 0.444. The molecule has 0 aromatic rings. The summed E-state index contributed by atoms with van der Waals surface area (Å²) in [6, 6.07) is 0.444. The van der Waals surface area contributed by atoms with Crippen LogP contribution in [0.1, 0.15) is 20.3 Å². The molecule has 0 heterocycles. The Hall–Kier alpha value is -0.570. The highest BCUT2D eigenvalue weighted by Gasteiger charge is 1.98. The van der Waals surface area contributed by atoms with Crippen LogP contribution in [-0.2, 0) is 0 Å². The smallest absolute Gasteiger partial charge is 0.166 e. The average molecular weight is 172 g/mol. The van der Waals surface area contributed by atoms with Gasteiger partial charge in [0, 0.05) is 12.6 Å². The highest BCUT2D eigenvalue weighted by atomic mass is 32.1. The average Bonchev–Trinajstić information content (AvgIpc) is 2.00. The predicted octanol–water partition coefficient (Wildman–Crippen LogP) is 1.43. The zero-order chi connectivity index (χ0) is 8.69. The molecule has 0 rings (SSSR count). The third kappa shape index (κ3) is 5.85. The number of hydrogen-bond acceptors (Lipinski definition) is 1. The van der Waals surface area contributed by atoms with Gasteiger partial charge in [-0.15, -0.1) is 6.58 Å². The maximum Gasteiger partial charge on any atom is 0.166 e. The van der Waals surface area contributed by atoms with Gasteiger partial charge in [-0.25, -0.2) is 0 Å². The Kier molecular flexibility index (Phi) is 5.84. The first kappa shape index (κ1) is 10.4. The van der Waals surface area contributed by atoms with Crippen molar-refractivity contribution in [2.45, 2.75) is 26.3 Å². The zero-order valence-electron chi connectivity index (χ0n) is 7.18. The normalized spacial score (nSPS) is 11.8. The van der Waals surface area contributed by atoms with Gasteiger partial charge in [0.1, 0.15) is 0 Å². The van der Waals surface area contributed by atoms with Gasteiger partial charge in [-0.1, -0.05) is 13.0 Å². The van der Waals surface area contributed by atoms with E-state index in [1.54, 1.807) is 6.08 Å². The highest BCUT2D eigenvalue weighted by molar-refractivity contribution is 7.80. The van der Waals surface area contributed by atoms with Crippen molar-refractivity contribution in [3.05, 3.63) is 12.7 Å². The molecule has 0 fully saturated rings. The molecule has 0 saturated carbocycles. The van der Waals surface area contributed by atoms with E-state index in [1.807, 2.05) is 0 Å². The molecule has 0 radical (unpaired) electrons. The van der Waals surface area contributed by atoms with E-state index in [4.69, 9.17) is 12.2 Å². The molecule has 64 valence electrons. The molecule has 2 nitrogen and oxygen atoms in total.